The molecule has 0 amide bonds. The lowest BCUT2D eigenvalue weighted by atomic mass is 10.1. The largest absolute Gasteiger partial charge is 0.493 e. The van der Waals surface area contributed by atoms with E-state index in [9.17, 15) is 0 Å². The maximum Gasteiger partial charge on any atom is 0.127 e. The van der Waals surface area contributed by atoms with Crippen molar-refractivity contribution in [1.82, 2.24) is 4.90 Å². The second-order valence-electron chi connectivity index (χ2n) is 6.47. The number of ether oxygens (including phenoxy) is 1. The molecule has 0 saturated carbocycles. The van der Waals surface area contributed by atoms with Gasteiger partial charge in [-0.05, 0) is 43.9 Å². The van der Waals surface area contributed by atoms with Crippen LogP contribution in [0.25, 0.3) is 10.8 Å². The Morgan fingerprint density at radius 3 is 2.21 bits per heavy atom. The highest BCUT2D eigenvalue weighted by atomic mass is 16.5. The fraction of sp³-hybridized carbons (Fsp3) is 0.545. The number of nitrogens with zero attached hydrogens (tertiary/aromatic N) is 1. The standard InChI is InChI=1S/C22H33NO/c1-3-23(4-2)18-11-7-5-6-8-12-19-24-22-17-13-15-20-14-9-10-16-21(20)22/h9-10,13-17H,3-8,11-12,18-19H2,1-2H3. The van der Waals surface area contributed by atoms with Crippen molar-refractivity contribution in [2.24, 2.45) is 0 Å². The molecule has 0 bridgehead atoms. The molecule has 0 atom stereocenters. The minimum Gasteiger partial charge on any atom is -0.493 e. The van der Waals surface area contributed by atoms with Crippen LogP contribution in [0.3, 0.4) is 0 Å². The molecule has 2 heteroatoms. The third-order valence-corrected chi connectivity index (χ3v) is 4.77. The summed E-state index contributed by atoms with van der Waals surface area (Å²) in [7, 11) is 0. The van der Waals surface area contributed by atoms with E-state index >= 15 is 0 Å². The quantitative estimate of drug-likeness (QED) is 0.450. The molecule has 0 radical (unpaired) electrons. The summed E-state index contributed by atoms with van der Waals surface area (Å²) in [6.45, 7) is 8.95. The Kier molecular flexibility index (Phi) is 8.69. The van der Waals surface area contributed by atoms with Crippen LogP contribution in [-0.4, -0.2) is 31.1 Å². The molecular weight excluding hydrogens is 294 g/mol. The van der Waals surface area contributed by atoms with Gasteiger partial charge in [0, 0.05) is 5.39 Å². The summed E-state index contributed by atoms with van der Waals surface area (Å²) in [4.78, 5) is 2.51. The lowest BCUT2D eigenvalue weighted by Gasteiger charge is -2.17. The van der Waals surface area contributed by atoms with E-state index in [2.05, 4.69) is 61.2 Å². The van der Waals surface area contributed by atoms with Crippen LogP contribution in [0, 0.1) is 0 Å². The minimum absolute atomic E-state index is 0.827. The van der Waals surface area contributed by atoms with E-state index < -0.39 is 0 Å². The molecule has 0 fully saturated rings. The van der Waals surface area contributed by atoms with Crippen LogP contribution in [0.2, 0.25) is 0 Å². The zero-order valence-electron chi connectivity index (χ0n) is 15.5. The van der Waals surface area contributed by atoms with Gasteiger partial charge in [-0.1, -0.05) is 75.9 Å². The highest BCUT2D eigenvalue weighted by Crippen LogP contribution is 2.25. The van der Waals surface area contributed by atoms with Gasteiger partial charge in [0.05, 0.1) is 6.61 Å². The lowest BCUT2D eigenvalue weighted by molar-refractivity contribution is 0.292. The topological polar surface area (TPSA) is 12.5 Å². The first kappa shape index (κ1) is 18.8. The summed E-state index contributed by atoms with van der Waals surface area (Å²) in [6.07, 6.45) is 7.82. The van der Waals surface area contributed by atoms with Crippen molar-refractivity contribution >= 4 is 10.8 Å². The van der Waals surface area contributed by atoms with Crippen molar-refractivity contribution in [1.29, 1.82) is 0 Å². The van der Waals surface area contributed by atoms with Crippen LogP contribution in [0.15, 0.2) is 42.5 Å². The smallest absolute Gasteiger partial charge is 0.127 e. The van der Waals surface area contributed by atoms with E-state index in [4.69, 9.17) is 4.74 Å². The summed E-state index contributed by atoms with van der Waals surface area (Å²) in [5.41, 5.74) is 0. The van der Waals surface area contributed by atoms with Crippen LogP contribution in [0.5, 0.6) is 5.75 Å². The Morgan fingerprint density at radius 2 is 1.42 bits per heavy atom. The molecule has 132 valence electrons. The summed E-state index contributed by atoms with van der Waals surface area (Å²) in [5.74, 6) is 1.02. The zero-order valence-corrected chi connectivity index (χ0v) is 15.5. The Hall–Kier alpha value is -1.54. The van der Waals surface area contributed by atoms with Gasteiger partial charge in [0.1, 0.15) is 5.75 Å². The van der Waals surface area contributed by atoms with Crippen LogP contribution in [0.4, 0.5) is 0 Å². The molecule has 2 nitrogen and oxygen atoms in total. The van der Waals surface area contributed by atoms with E-state index in [1.165, 1.54) is 62.5 Å². The maximum atomic E-state index is 6.00. The highest BCUT2D eigenvalue weighted by molar-refractivity contribution is 5.88. The third-order valence-electron chi connectivity index (χ3n) is 4.77. The first-order chi connectivity index (χ1) is 11.8. The van der Waals surface area contributed by atoms with Crippen molar-refractivity contribution in [3.63, 3.8) is 0 Å². The van der Waals surface area contributed by atoms with E-state index in [-0.39, 0.29) is 0 Å². The summed E-state index contributed by atoms with van der Waals surface area (Å²) < 4.78 is 6.00. The Bertz CT molecular complexity index is 572. The first-order valence-corrected chi connectivity index (χ1v) is 9.68. The predicted molar refractivity (Wildman–Crippen MR) is 105 cm³/mol. The molecule has 2 aromatic carbocycles. The minimum atomic E-state index is 0.827. The fourth-order valence-corrected chi connectivity index (χ4v) is 3.19. The van der Waals surface area contributed by atoms with Crippen LogP contribution < -0.4 is 4.74 Å². The van der Waals surface area contributed by atoms with Gasteiger partial charge in [-0.2, -0.15) is 0 Å². The van der Waals surface area contributed by atoms with Crippen molar-refractivity contribution in [2.75, 3.05) is 26.2 Å². The van der Waals surface area contributed by atoms with Gasteiger partial charge in [0.15, 0.2) is 0 Å². The molecule has 24 heavy (non-hydrogen) atoms. The zero-order chi connectivity index (χ0) is 17.0. The molecule has 0 aliphatic heterocycles. The molecule has 0 spiro atoms. The molecular formula is C22H33NO. The van der Waals surface area contributed by atoms with Crippen LogP contribution in [-0.2, 0) is 0 Å². The second-order valence-corrected chi connectivity index (χ2v) is 6.47. The molecule has 0 saturated heterocycles. The van der Waals surface area contributed by atoms with E-state index in [0.717, 1.165) is 18.8 Å². The average molecular weight is 328 g/mol. The number of unbranched alkanes of at least 4 members (excludes halogenated alkanes) is 5. The van der Waals surface area contributed by atoms with Crippen molar-refractivity contribution in [3.8, 4) is 5.75 Å². The Morgan fingerprint density at radius 1 is 0.750 bits per heavy atom. The lowest BCUT2D eigenvalue weighted by Crippen LogP contribution is -2.23. The van der Waals surface area contributed by atoms with Crippen molar-refractivity contribution < 1.29 is 4.74 Å². The number of hydrogen-bond donors (Lipinski definition) is 0. The number of hydrogen-bond acceptors (Lipinski definition) is 2. The van der Waals surface area contributed by atoms with Gasteiger partial charge in [0.2, 0.25) is 0 Å². The average Bonchev–Trinajstić information content (AvgIpc) is 2.63. The molecule has 0 N–H and O–H groups in total. The van der Waals surface area contributed by atoms with E-state index in [0.29, 0.717) is 0 Å². The molecule has 0 heterocycles. The van der Waals surface area contributed by atoms with Crippen LogP contribution >= 0.6 is 0 Å². The number of benzene rings is 2. The molecule has 0 aliphatic carbocycles. The third kappa shape index (κ3) is 6.16. The fourth-order valence-electron chi connectivity index (χ4n) is 3.19. The number of fused-ring (bicyclic) bond motifs is 1. The molecule has 0 aromatic heterocycles. The van der Waals surface area contributed by atoms with Gasteiger partial charge in [-0.15, -0.1) is 0 Å². The van der Waals surface area contributed by atoms with Gasteiger partial charge in [-0.25, -0.2) is 0 Å². The van der Waals surface area contributed by atoms with Crippen molar-refractivity contribution in [3.05, 3.63) is 42.5 Å². The SMILES string of the molecule is CCN(CC)CCCCCCCCOc1cccc2ccccc12. The van der Waals surface area contributed by atoms with E-state index in [1.54, 1.807) is 0 Å². The summed E-state index contributed by atoms with van der Waals surface area (Å²) >= 11 is 0. The van der Waals surface area contributed by atoms with Gasteiger partial charge < -0.3 is 9.64 Å². The normalized spacial score (nSPS) is 11.3. The molecule has 2 aromatic rings. The van der Waals surface area contributed by atoms with Crippen LogP contribution in [0.1, 0.15) is 52.4 Å². The predicted octanol–water partition coefficient (Wildman–Crippen LogP) is 5.90. The Labute approximate surface area is 147 Å². The van der Waals surface area contributed by atoms with Crippen molar-refractivity contribution in [2.45, 2.75) is 52.4 Å². The number of rotatable bonds is 12. The maximum absolute atomic E-state index is 6.00. The molecule has 2 rings (SSSR count). The van der Waals surface area contributed by atoms with Gasteiger partial charge in [0.25, 0.3) is 0 Å². The van der Waals surface area contributed by atoms with Gasteiger partial charge in [-0.3, -0.25) is 0 Å². The highest BCUT2D eigenvalue weighted by Gasteiger charge is 2.01. The first-order valence-electron chi connectivity index (χ1n) is 9.68. The Balaban J connectivity index is 1.55. The molecule has 0 aliphatic rings. The van der Waals surface area contributed by atoms with E-state index in [1.807, 2.05) is 0 Å². The molecule has 0 unspecified atom stereocenters. The second kappa shape index (κ2) is 11.1. The van der Waals surface area contributed by atoms with Gasteiger partial charge >= 0.3 is 0 Å². The summed E-state index contributed by atoms with van der Waals surface area (Å²) in [5, 5.41) is 2.47. The monoisotopic (exact) mass is 327 g/mol. The summed E-state index contributed by atoms with van der Waals surface area (Å²) in [6, 6.07) is 14.7.